The molecule has 2 rings (SSSR count). The number of carbonyl (C=O) groups excluding carboxylic acids is 1. The molecule has 2 aromatic rings. The van der Waals surface area contributed by atoms with Gasteiger partial charge in [0.1, 0.15) is 5.75 Å². The molecule has 2 N–H and O–H groups in total. The highest BCUT2D eigenvalue weighted by molar-refractivity contribution is 8.02. The fraction of sp³-hybridized carbons (Fsp3) is 0.267. The summed E-state index contributed by atoms with van der Waals surface area (Å²) in [5.41, 5.74) is 0.858. The van der Waals surface area contributed by atoms with Gasteiger partial charge in [-0.2, -0.15) is 0 Å². The predicted molar refractivity (Wildman–Crippen MR) is 93.3 cm³/mol. The summed E-state index contributed by atoms with van der Waals surface area (Å²) in [6.07, 6.45) is 5.12. The van der Waals surface area contributed by atoms with Crippen molar-refractivity contribution in [3.8, 4) is 18.1 Å². The van der Waals surface area contributed by atoms with Crippen LogP contribution in [0, 0.1) is 12.3 Å². The summed E-state index contributed by atoms with van der Waals surface area (Å²) in [5.74, 6) is 3.01. The molecular formula is C15H16N4O2S2. The van der Waals surface area contributed by atoms with E-state index in [1.54, 1.807) is 14.0 Å². The van der Waals surface area contributed by atoms with Crippen molar-refractivity contribution in [2.24, 2.45) is 0 Å². The molecule has 1 aromatic heterocycles. The Morgan fingerprint density at radius 1 is 1.52 bits per heavy atom. The van der Waals surface area contributed by atoms with Crippen molar-refractivity contribution >= 4 is 39.8 Å². The molecule has 0 aliphatic rings. The number of rotatable bonds is 7. The third-order valence-corrected chi connectivity index (χ3v) is 4.76. The average Bonchev–Trinajstić information content (AvgIpc) is 2.99. The second-order valence-electron chi connectivity index (χ2n) is 4.41. The maximum atomic E-state index is 11.8. The van der Waals surface area contributed by atoms with Gasteiger partial charge in [0.15, 0.2) is 4.34 Å². The number of amides is 1. The number of carbonyl (C=O) groups is 1. The first-order valence-electron chi connectivity index (χ1n) is 6.74. The molecule has 8 heteroatoms. The summed E-state index contributed by atoms with van der Waals surface area (Å²) >= 11 is 2.72. The molecule has 120 valence electrons. The summed E-state index contributed by atoms with van der Waals surface area (Å²) in [5, 5.41) is 14.3. The quantitative estimate of drug-likeness (QED) is 0.591. The van der Waals surface area contributed by atoms with E-state index in [1.165, 1.54) is 23.1 Å². The molecule has 1 aromatic carbocycles. The summed E-state index contributed by atoms with van der Waals surface area (Å²) < 4.78 is 5.88. The van der Waals surface area contributed by atoms with E-state index in [-0.39, 0.29) is 17.7 Å². The molecule has 0 radical (unpaired) electrons. The molecule has 1 atom stereocenters. The zero-order chi connectivity index (χ0) is 16.7. The lowest BCUT2D eigenvalue weighted by Gasteiger charge is -2.07. The predicted octanol–water partition coefficient (Wildman–Crippen LogP) is 2.52. The largest absolute Gasteiger partial charge is 0.497 e. The normalized spacial score (nSPS) is 11.3. The van der Waals surface area contributed by atoms with Crippen LogP contribution in [-0.4, -0.2) is 35.0 Å². The SMILES string of the molecule is C#CCNC(=O)C(C)Sc1nnc(Nc2cccc(OC)c2)s1. The van der Waals surface area contributed by atoms with Gasteiger partial charge in [0.2, 0.25) is 11.0 Å². The number of terminal acetylenes is 1. The summed E-state index contributed by atoms with van der Waals surface area (Å²) in [4.78, 5) is 11.8. The Kier molecular flexibility index (Phi) is 6.26. The number of hydrogen-bond acceptors (Lipinski definition) is 7. The molecule has 23 heavy (non-hydrogen) atoms. The second kappa shape index (κ2) is 8.41. The number of nitrogens with one attached hydrogen (secondary N) is 2. The Morgan fingerprint density at radius 2 is 2.35 bits per heavy atom. The Hall–Kier alpha value is -2.24. The molecule has 0 saturated heterocycles. The van der Waals surface area contributed by atoms with E-state index in [0.717, 1.165) is 11.4 Å². The Morgan fingerprint density at radius 3 is 3.09 bits per heavy atom. The molecule has 0 aliphatic carbocycles. The minimum absolute atomic E-state index is 0.120. The van der Waals surface area contributed by atoms with Gasteiger partial charge in [-0.05, 0) is 19.1 Å². The number of benzene rings is 1. The fourth-order valence-corrected chi connectivity index (χ4v) is 3.56. The summed E-state index contributed by atoms with van der Waals surface area (Å²) in [6, 6.07) is 7.52. The van der Waals surface area contributed by atoms with Gasteiger partial charge >= 0.3 is 0 Å². The minimum atomic E-state index is -0.291. The minimum Gasteiger partial charge on any atom is -0.497 e. The molecule has 0 fully saturated rings. The highest BCUT2D eigenvalue weighted by Crippen LogP contribution is 2.31. The third-order valence-electron chi connectivity index (χ3n) is 2.74. The number of ether oxygens (including phenoxy) is 1. The van der Waals surface area contributed by atoms with E-state index in [9.17, 15) is 4.79 Å². The second-order valence-corrected chi connectivity index (χ2v) is 6.98. The Bertz CT molecular complexity index is 711. The monoisotopic (exact) mass is 348 g/mol. The number of hydrogen-bond donors (Lipinski definition) is 2. The average molecular weight is 348 g/mol. The van der Waals surface area contributed by atoms with Gasteiger partial charge in [0.25, 0.3) is 0 Å². The van der Waals surface area contributed by atoms with Gasteiger partial charge < -0.3 is 15.4 Å². The fourth-order valence-electron chi connectivity index (χ4n) is 1.62. The van der Waals surface area contributed by atoms with Gasteiger partial charge in [-0.1, -0.05) is 35.1 Å². The van der Waals surface area contributed by atoms with Gasteiger partial charge in [-0.25, -0.2) is 0 Å². The van der Waals surface area contributed by atoms with Gasteiger partial charge in [0, 0.05) is 11.8 Å². The van der Waals surface area contributed by atoms with Crippen molar-refractivity contribution in [2.45, 2.75) is 16.5 Å². The van der Waals surface area contributed by atoms with E-state index in [0.29, 0.717) is 9.47 Å². The smallest absolute Gasteiger partial charge is 0.234 e. The van der Waals surface area contributed by atoms with Gasteiger partial charge in [-0.15, -0.1) is 16.6 Å². The van der Waals surface area contributed by atoms with Crippen molar-refractivity contribution in [3.05, 3.63) is 24.3 Å². The van der Waals surface area contributed by atoms with Crippen molar-refractivity contribution in [1.82, 2.24) is 15.5 Å². The number of methoxy groups -OCH3 is 1. The van der Waals surface area contributed by atoms with Crippen LogP contribution in [0.4, 0.5) is 10.8 Å². The van der Waals surface area contributed by atoms with Gasteiger partial charge in [-0.3, -0.25) is 4.79 Å². The van der Waals surface area contributed by atoms with Crippen LogP contribution in [0.2, 0.25) is 0 Å². The molecule has 0 spiro atoms. The molecule has 1 heterocycles. The third kappa shape index (κ3) is 5.16. The first-order chi connectivity index (χ1) is 11.1. The number of nitrogens with zero attached hydrogens (tertiary/aromatic N) is 2. The summed E-state index contributed by atoms with van der Waals surface area (Å²) in [6.45, 7) is 2.02. The van der Waals surface area contributed by atoms with Crippen LogP contribution < -0.4 is 15.4 Å². The zero-order valence-electron chi connectivity index (χ0n) is 12.7. The lowest BCUT2D eigenvalue weighted by molar-refractivity contribution is -0.120. The van der Waals surface area contributed by atoms with Crippen LogP contribution in [-0.2, 0) is 4.79 Å². The van der Waals surface area contributed by atoms with Crippen molar-refractivity contribution < 1.29 is 9.53 Å². The van der Waals surface area contributed by atoms with Crippen molar-refractivity contribution in [2.75, 3.05) is 19.0 Å². The van der Waals surface area contributed by atoms with Crippen LogP contribution in [0.1, 0.15) is 6.92 Å². The standard InChI is InChI=1S/C15H16N4O2S2/c1-4-8-16-13(20)10(2)22-15-19-18-14(23-15)17-11-6-5-7-12(9-11)21-3/h1,5-7,9-10H,8H2,2-3H3,(H,16,20)(H,17,18). The maximum absolute atomic E-state index is 11.8. The molecule has 0 bridgehead atoms. The molecule has 1 unspecified atom stereocenters. The van der Waals surface area contributed by atoms with Crippen LogP contribution in [0.5, 0.6) is 5.75 Å². The zero-order valence-corrected chi connectivity index (χ0v) is 14.3. The van der Waals surface area contributed by atoms with Crippen LogP contribution >= 0.6 is 23.1 Å². The van der Waals surface area contributed by atoms with E-state index < -0.39 is 0 Å². The first kappa shape index (κ1) is 17.1. The van der Waals surface area contributed by atoms with Crippen molar-refractivity contribution in [3.63, 3.8) is 0 Å². The lowest BCUT2D eigenvalue weighted by atomic mass is 10.3. The molecule has 6 nitrogen and oxygen atoms in total. The Balaban J connectivity index is 1.95. The number of thioether (sulfide) groups is 1. The number of aromatic nitrogens is 2. The van der Waals surface area contributed by atoms with E-state index >= 15 is 0 Å². The van der Waals surface area contributed by atoms with E-state index in [4.69, 9.17) is 11.2 Å². The first-order valence-corrected chi connectivity index (χ1v) is 8.44. The van der Waals surface area contributed by atoms with E-state index in [2.05, 4.69) is 26.8 Å². The maximum Gasteiger partial charge on any atom is 0.234 e. The molecule has 0 aliphatic heterocycles. The molecule has 1 amide bonds. The van der Waals surface area contributed by atoms with Crippen LogP contribution in [0.15, 0.2) is 28.6 Å². The summed E-state index contributed by atoms with van der Waals surface area (Å²) in [7, 11) is 1.62. The lowest BCUT2D eigenvalue weighted by Crippen LogP contribution is -2.30. The van der Waals surface area contributed by atoms with Crippen molar-refractivity contribution in [1.29, 1.82) is 0 Å². The highest BCUT2D eigenvalue weighted by atomic mass is 32.2. The van der Waals surface area contributed by atoms with Crippen LogP contribution in [0.3, 0.4) is 0 Å². The van der Waals surface area contributed by atoms with Crippen LogP contribution in [0.25, 0.3) is 0 Å². The number of anilines is 2. The Labute approximate surface area is 143 Å². The van der Waals surface area contributed by atoms with E-state index in [1.807, 2.05) is 24.3 Å². The van der Waals surface area contributed by atoms with Gasteiger partial charge in [0.05, 0.1) is 18.9 Å². The highest BCUT2D eigenvalue weighted by Gasteiger charge is 2.16. The molecular weight excluding hydrogens is 332 g/mol. The topological polar surface area (TPSA) is 76.1 Å². The molecule has 0 saturated carbocycles.